The summed E-state index contributed by atoms with van der Waals surface area (Å²) < 4.78 is 0. The molecule has 6 heteroatoms. The lowest BCUT2D eigenvalue weighted by atomic mass is 10.7. The van der Waals surface area contributed by atoms with Gasteiger partial charge in [-0.1, -0.05) is 0 Å². The first kappa shape index (κ1) is 11.0. The number of hydrogen-bond acceptors (Lipinski definition) is 2. The van der Waals surface area contributed by atoms with Crippen LogP contribution in [-0.4, -0.2) is 24.2 Å². The highest BCUT2D eigenvalue weighted by Gasteiger charge is 1.96. The van der Waals surface area contributed by atoms with Gasteiger partial charge in [-0.15, -0.1) is 0 Å². The Morgan fingerprint density at radius 1 is 1.17 bits per heavy atom. The van der Waals surface area contributed by atoms with Crippen LogP contribution in [0.2, 0.25) is 0 Å². The highest BCUT2D eigenvalue weighted by atomic mass is 32.1. The number of hydrazine groups is 1. The average Bonchev–Trinajstić information content (AvgIpc) is 2.02. The number of amides is 2. The van der Waals surface area contributed by atoms with E-state index in [2.05, 4.69) is 21.5 Å². The summed E-state index contributed by atoms with van der Waals surface area (Å²) in [7, 11) is 0. The average molecular weight is 190 g/mol. The molecule has 4 N–H and O–H groups in total. The Kier molecular flexibility index (Phi) is 6.08. The SMILES string of the molecule is CCNC(=O)NNC(=S)NCC. The first-order valence-corrected chi connectivity index (χ1v) is 4.19. The standard InChI is InChI=1S/C6H14N4OS/c1-3-7-5(11)9-10-6(12)8-4-2/h3-4H2,1-2H3,(H2,7,9,11)(H2,8,10,12). The maximum atomic E-state index is 10.8. The van der Waals surface area contributed by atoms with Crippen LogP contribution in [0.5, 0.6) is 0 Å². The van der Waals surface area contributed by atoms with Gasteiger partial charge in [0.1, 0.15) is 0 Å². The van der Waals surface area contributed by atoms with Crippen molar-refractivity contribution in [3.05, 3.63) is 0 Å². The Hall–Kier alpha value is -1.04. The molecule has 0 saturated carbocycles. The van der Waals surface area contributed by atoms with E-state index in [-0.39, 0.29) is 6.03 Å². The molecule has 0 aromatic heterocycles. The number of nitrogens with one attached hydrogen (secondary N) is 4. The van der Waals surface area contributed by atoms with E-state index in [1.54, 1.807) is 0 Å². The van der Waals surface area contributed by atoms with Crippen molar-refractivity contribution in [1.82, 2.24) is 21.5 Å². The second-order valence-corrected chi connectivity index (χ2v) is 2.38. The van der Waals surface area contributed by atoms with Gasteiger partial charge in [0.05, 0.1) is 0 Å². The summed E-state index contributed by atoms with van der Waals surface area (Å²) in [6, 6.07) is -0.294. The van der Waals surface area contributed by atoms with Crippen LogP contribution in [0.25, 0.3) is 0 Å². The normalized spacial score (nSPS) is 8.50. The molecule has 12 heavy (non-hydrogen) atoms. The molecular formula is C6H14N4OS. The van der Waals surface area contributed by atoms with Gasteiger partial charge in [-0.05, 0) is 26.1 Å². The summed E-state index contributed by atoms with van der Waals surface area (Å²) >= 11 is 4.79. The van der Waals surface area contributed by atoms with Crippen molar-refractivity contribution in [3.63, 3.8) is 0 Å². The lowest BCUT2D eigenvalue weighted by molar-refractivity contribution is 0.239. The number of urea groups is 1. The molecule has 0 radical (unpaired) electrons. The van der Waals surface area contributed by atoms with Gasteiger partial charge in [0.2, 0.25) is 0 Å². The van der Waals surface area contributed by atoms with Gasteiger partial charge >= 0.3 is 6.03 Å². The fraction of sp³-hybridized carbons (Fsp3) is 0.667. The smallest absolute Gasteiger partial charge is 0.333 e. The number of thiocarbonyl (C=S) groups is 1. The summed E-state index contributed by atoms with van der Waals surface area (Å²) in [5, 5.41) is 5.77. The van der Waals surface area contributed by atoms with E-state index in [0.29, 0.717) is 11.7 Å². The van der Waals surface area contributed by atoms with E-state index in [1.807, 2.05) is 13.8 Å². The Balaban J connectivity index is 3.40. The zero-order valence-electron chi connectivity index (χ0n) is 7.23. The summed E-state index contributed by atoms with van der Waals surface area (Å²) in [5.74, 6) is 0. The third-order valence-corrected chi connectivity index (χ3v) is 1.21. The zero-order valence-corrected chi connectivity index (χ0v) is 8.05. The Morgan fingerprint density at radius 2 is 1.75 bits per heavy atom. The molecule has 5 nitrogen and oxygen atoms in total. The van der Waals surface area contributed by atoms with E-state index in [9.17, 15) is 4.79 Å². The van der Waals surface area contributed by atoms with Crippen molar-refractivity contribution < 1.29 is 4.79 Å². The molecule has 0 aromatic carbocycles. The second kappa shape index (κ2) is 6.66. The highest BCUT2D eigenvalue weighted by Crippen LogP contribution is 1.63. The minimum atomic E-state index is -0.294. The summed E-state index contributed by atoms with van der Waals surface area (Å²) in [6.07, 6.45) is 0. The third-order valence-electron chi connectivity index (χ3n) is 0.964. The molecule has 70 valence electrons. The molecule has 2 amide bonds. The molecule has 0 aliphatic heterocycles. The van der Waals surface area contributed by atoms with Crippen molar-refractivity contribution >= 4 is 23.4 Å². The van der Waals surface area contributed by atoms with Gasteiger partial charge in [-0.2, -0.15) is 0 Å². The van der Waals surface area contributed by atoms with Crippen LogP contribution >= 0.6 is 12.2 Å². The molecule has 0 fully saturated rings. The van der Waals surface area contributed by atoms with Crippen molar-refractivity contribution in [2.45, 2.75) is 13.8 Å². The first-order chi connectivity index (χ1) is 5.70. The lowest BCUT2D eigenvalue weighted by Crippen LogP contribution is -2.50. The lowest BCUT2D eigenvalue weighted by Gasteiger charge is -2.09. The molecule has 0 spiro atoms. The fourth-order valence-electron chi connectivity index (χ4n) is 0.523. The number of carbonyl (C=O) groups is 1. The van der Waals surface area contributed by atoms with E-state index in [4.69, 9.17) is 12.2 Å². The van der Waals surface area contributed by atoms with Crippen LogP contribution in [0.4, 0.5) is 4.79 Å². The van der Waals surface area contributed by atoms with Crippen LogP contribution in [0, 0.1) is 0 Å². The molecule has 0 rings (SSSR count). The number of hydrogen-bond donors (Lipinski definition) is 4. The highest BCUT2D eigenvalue weighted by molar-refractivity contribution is 7.80. The minimum Gasteiger partial charge on any atom is -0.362 e. The molecule has 0 aliphatic carbocycles. The molecule has 0 saturated heterocycles. The van der Waals surface area contributed by atoms with Crippen LogP contribution in [0.15, 0.2) is 0 Å². The number of carbonyl (C=O) groups excluding carboxylic acids is 1. The van der Waals surface area contributed by atoms with Crippen LogP contribution in [0.3, 0.4) is 0 Å². The molecule has 0 aromatic rings. The predicted octanol–water partition coefficient (Wildman–Crippen LogP) is -0.295. The maximum absolute atomic E-state index is 10.8. The fourth-order valence-corrected chi connectivity index (χ4v) is 0.718. The molecule has 0 heterocycles. The summed E-state index contributed by atoms with van der Waals surface area (Å²) in [5.41, 5.74) is 4.89. The molecule has 0 aliphatic rings. The molecule has 0 unspecified atom stereocenters. The quantitative estimate of drug-likeness (QED) is 0.357. The van der Waals surface area contributed by atoms with Gasteiger partial charge in [-0.3, -0.25) is 5.43 Å². The van der Waals surface area contributed by atoms with E-state index >= 15 is 0 Å². The summed E-state index contributed by atoms with van der Waals surface area (Å²) in [4.78, 5) is 10.8. The van der Waals surface area contributed by atoms with Gasteiger partial charge < -0.3 is 10.6 Å². The monoisotopic (exact) mass is 190 g/mol. The maximum Gasteiger partial charge on any atom is 0.333 e. The van der Waals surface area contributed by atoms with Gasteiger partial charge in [0.25, 0.3) is 0 Å². The Morgan fingerprint density at radius 3 is 2.25 bits per heavy atom. The zero-order chi connectivity index (χ0) is 9.40. The van der Waals surface area contributed by atoms with Crippen molar-refractivity contribution in [3.8, 4) is 0 Å². The predicted molar refractivity (Wildman–Crippen MR) is 51.6 cm³/mol. The van der Waals surface area contributed by atoms with E-state index in [0.717, 1.165) is 6.54 Å². The van der Waals surface area contributed by atoms with Crippen molar-refractivity contribution in [1.29, 1.82) is 0 Å². The van der Waals surface area contributed by atoms with Gasteiger partial charge in [-0.25, -0.2) is 10.2 Å². The summed E-state index contributed by atoms with van der Waals surface area (Å²) in [6.45, 7) is 5.06. The molecule has 0 atom stereocenters. The van der Waals surface area contributed by atoms with Gasteiger partial charge in [0.15, 0.2) is 5.11 Å². The van der Waals surface area contributed by atoms with Crippen molar-refractivity contribution in [2.75, 3.05) is 13.1 Å². The Bertz CT molecular complexity index is 144. The van der Waals surface area contributed by atoms with Crippen LogP contribution in [-0.2, 0) is 0 Å². The molecule has 0 bridgehead atoms. The minimum absolute atomic E-state index is 0.294. The number of rotatable bonds is 2. The van der Waals surface area contributed by atoms with E-state index in [1.165, 1.54) is 0 Å². The second-order valence-electron chi connectivity index (χ2n) is 1.97. The third kappa shape index (κ3) is 5.72. The van der Waals surface area contributed by atoms with Crippen molar-refractivity contribution in [2.24, 2.45) is 0 Å². The van der Waals surface area contributed by atoms with Crippen LogP contribution in [0.1, 0.15) is 13.8 Å². The van der Waals surface area contributed by atoms with Crippen LogP contribution < -0.4 is 21.5 Å². The molecular weight excluding hydrogens is 176 g/mol. The van der Waals surface area contributed by atoms with Gasteiger partial charge in [0, 0.05) is 13.1 Å². The topological polar surface area (TPSA) is 65.2 Å². The Labute approximate surface area is 77.3 Å². The van der Waals surface area contributed by atoms with E-state index < -0.39 is 0 Å². The largest absolute Gasteiger partial charge is 0.362 e. The first-order valence-electron chi connectivity index (χ1n) is 3.78.